The van der Waals surface area contributed by atoms with Crippen molar-refractivity contribution in [1.82, 2.24) is 5.32 Å². The van der Waals surface area contributed by atoms with Gasteiger partial charge >= 0.3 is 0 Å². The van der Waals surface area contributed by atoms with E-state index >= 15 is 0 Å². The van der Waals surface area contributed by atoms with Crippen molar-refractivity contribution in [1.29, 1.82) is 0 Å². The fourth-order valence-electron chi connectivity index (χ4n) is 2.10. The summed E-state index contributed by atoms with van der Waals surface area (Å²) in [7, 11) is 0. The van der Waals surface area contributed by atoms with E-state index in [-0.39, 0.29) is 0 Å². The summed E-state index contributed by atoms with van der Waals surface area (Å²) < 4.78 is 0. The van der Waals surface area contributed by atoms with E-state index in [0.717, 1.165) is 23.2 Å². The maximum Gasteiger partial charge on any atom is 0.0488 e. The zero-order chi connectivity index (χ0) is 12.5. The molecule has 1 nitrogen and oxygen atoms in total. The number of thiophene rings is 1. The van der Waals surface area contributed by atoms with Crippen molar-refractivity contribution in [2.24, 2.45) is 0 Å². The molecular formula is C15H16ClNS. The third-order valence-electron chi connectivity index (χ3n) is 3.35. The average molecular weight is 278 g/mol. The van der Waals surface area contributed by atoms with Crippen LogP contribution in [0.5, 0.6) is 0 Å². The van der Waals surface area contributed by atoms with Crippen molar-refractivity contribution < 1.29 is 0 Å². The second-order valence-corrected chi connectivity index (χ2v) is 6.39. The van der Waals surface area contributed by atoms with Crippen LogP contribution >= 0.6 is 22.9 Å². The molecule has 1 aromatic heterocycles. The second kappa shape index (κ2) is 5.04. The van der Waals surface area contributed by atoms with Crippen LogP contribution in [0, 0.1) is 6.92 Å². The van der Waals surface area contributed by atoms with Crippen LogP contribution in [-0.4, -0.2) is 6.04 Å². The largest absolute Gasteiger partial charge is 0.310 e. The number of nitrogens with one attached hydrogen (secondary N) is 1. The smallest absolute Gasteiger partial charge is 0.0488 e. The molecule has 1 fully saturated rings. The maximum atomic E-state index is 6.40. The Morgan fingerprint density at radius 1 is 1.28 bits per heavy atom. The Hall–Kier alpha value is -0.830. The van der Waals surface area contributed by atoms with Gasteiger partial charge in [0.1, 0.15) is 0 Å². The van der Waals surface area contributed by atoms with Gasteiger partial charge in [0, 0.05) is 28.0 Å². The summed E-state index contributed by atoms with van der Waals surface area (Å²) in [4.78, 5) is 1.32. The summed E-state index contributed by atoms with van der Waals surface area (Å²) in [6.45, 7) is 3.06. The van der Waals surface area contributed by atoms with Crippen LogP contribution in [0.2, 0.25) is 5.02 Å². The first kappa shape index (κ1) is 12.2. The summed E-state index contributed by atoms with van der Waals surface area (Å²) >= 11 is 8.16. The third-order valence-corrected chi connectivity index (χ3v) is 4.51. The van der Waals surface area contributed by atoms with Crippen molar-refractivity contribution >= 4 is 22.9 Å². The summed E-state index contributed by atoms with van der Waals surface area (Å²) in [5, 5.41) is 6.48. The van der Waals surface area contributed by atoms with Gasteiger partial charge in [0.25, 0.3) is 0 Å². The molecule has 3 rings (SSSR count). The molecule has 0 aliphatic heterocycles. The second-order valence-electron chi connectivity index (χ2n) is 4.86. The zero-order valence-electron chi connectivity index (χ0n) is 10.4. The predicted molar refractivity (Wildman–Crippen MR) is 79.4 cm³/mol. The lowest BCUT2D eigenvalue weighted by Crippen LogP contribution is -2.15. The van der Waals surface area contributed by atoms with Crippen LogP contribution < -0.4 is 5.32 Å². The first-order valence-corrected chi connectivity index (χ1v) is 7.56. The van der Waals surface area contributed by atoms with Crippen molar-refractivity contribution in [3.63, 3.8) is 0 Å². The molecule has 1 heterocycles. The van der Waals surface area contributed by atoms with Gasteiger partial charge in [-0.3, -0.25) is 0 Å². The highest BCUT2D eigenvalue weighted by atomic mass is 35.5. The molecule has 1 aliphatic carbocycles. The first-order chi connectivity index (χ1) is 8.74. The van der Waals surface area contributed by atoms with E-state index < -0.39 is 0 Å². The predicted octanol–water partition coefficient (Wildman–Crippen LogP) is 4.63. The van der Waals surface area contributed by atoms with Crippen molar-refractivity contribution in [3.8, 4) is 11.1 Å². The molecule has 3 heteroatoms. The number of hydrogen-bond donors (Lipinski definition) is 1. The molecule has 0 amide bonds. The minimum atomic E-state index is 0.738. The Bertz CT molecular complexity index is 557. The first-order valence-electron chi connectivity index (χ1n) is 6.30. The van der Waals surface area contributed by atoms with Gasteiger partial charge in [-0.05, 0) is 48.4 Å². The number of hydrogen-bond acceptors (Lipinski definition) is 2. The molecule has 1 aliphatic rings. The normalized spacial score (nSPS) is 15.0. The number of rotatable bonds is 4. The molecule has 0 atom stereocenters. The minimum Gasteiger partial charge on any atom is -0.310 e. The van der Waals surface area contributed by atoms with Crippen LogP contribution in [-0.2, 0) is 6.54 Å². The van der Waals surface area contributed by atoms with E-state index in [9.17, 15) is 0 Å². The molecule has 94 valence electrons. The van der Waals surface area contributed by atoms with E-state index in [4.69, 9.17) is 11.6 Å². The number of aryl methyl sites for hydroxylation is 1. The van der Waals surface area contributed by atoms with Gasteiger partial charge in [-0.2, -0.15) is 0 Å². The molecule has 0 unspecified atom stereocenters. The van der Waals surface area contributed by atoms with Crippen molar-refractivity contribution in [2.75, 3.05) is 0 Å². The standard InChI is InChI=1S/C15H16ClNS/c1-10-13(6-7-18-10)14-5-2-11(8-15(14)16)9-17-12-3-4-12/h2,5-8,12,17H,3-4,9H2,1H3. The van der Waals surface area contributed by atoms with Crippen LogP contribution in [0.25, 0.3) is 11.1 Å². The topological polar surface area (TPSA) is 12.0 Å². The molecule has 1 aromatic carbocycles. The van der Waals surface area contributed by atoms with Gasteiger partial charge < -0.3 is 5.32 Å². The molecule has 0 saturated heterocycles. The lowest BCUT2D eigenvalue weighted by Gasteiger charge is -2.08. The summed E-state index contributed by atoms with van der Waals surface area (Å²) in [5.41, 5.74) is 3.67. The van der Waals surface area contributed by atoms with Gasteiger partial charge in [0.2, 0.25) is 0 Å². The van der Waals surface area contributed by atoms with Gasteiger partial charge in [-0.25, -0.2) is 0 Å². The molecule has 1 saturated carbocycles. The Morgan fingerprint density at radius 2 is 2.11 bits per heavy atom. The Balaban J connectivity index is 1.82. The maximum absolute atomic E-state index is 6.40. The third kappa shape index (κ3) is 2.61. The summed E-state index contributed by atoms with van der Waals surface area (Å²) in [6, 6.07) is 9.28. The van der Waals surface area contributed by atoms with E-state index in [0.29, 0.717) is 0 Å². The Labute approximate surface area is 117 Å². The zero-order valence-corrected chi connectivity index (χ0v) is 11.9. The average Bonchev–Trinajstić information content (AvgIpc) is 3.09. The molecule has 2 aromatic rings. The van der Waals surface area contributed by atoms with E-state index in [1.54, 1.807) is 11.3 Å². The van der Waals surface area contributed by atoms with E-state index in [2.05, 4.69) is 41.9 Å². The SMILES string of the molecule is Cc1sccc1-c1ccc(CNC2CC2)cc1Cl. The Kier molecular flexibility index (Phi) is 3.42. The minimum absolute atomic E-state index is 0.738. The molecule has 0 spiro atoms. The number of halogens is 1. The van der Waals surface area contributed by atoms with Crippen molar-refractivity contribution in [2.45, 2.75) is 32.4 Å². The highest BCUT2D eigenvalue weighted by Gasteiger charge is 2.20. The highest BCUT2D eigenvalue weighted by molar-refractivity contribution is 7.10. The monoisotopic (exact) mass is 277 g/mol. The molecule has 0 bridgehead atoms. The number of benzene rings is 1. The highest BCUT2D eigenvalue weighted by Crippen LogP contribution is 2.33. The van der Waals surface area contributed by atoms with Gasteiger partial charge in [0.05, 0.1) is 0 Å². The van der Waals surface area contributed by atoms with Crippen LogP contribution in [0.3, 0.4) is 0 Å². The van der Waals surface area contributed by atoms with Crippen LogP contribution in [0.15, 0.2) is 29.6 Å². The van der Waals surface area contributed by atoms with E-state index in [1.165, 1.54) is 28.8 Å². The quantitative estimate of drug-likeness (QED) is 0.859. The van der Waals surface area contributed by atoms with E-state index in [1.807, 2.05) is 0 Å². The fourth-order valence-corrected chi connectivity index (χ4v) is 3.12. The summed E-state index contributed by atoms with van der Waals surface area (Å²) in [6.07, 6.45) is 2.64. The summed E-state index contributed by atoms with van der Waals surface area (Å²) in [5.74, 6) is 0. The van der Waals surface area contributed by atoms with Gasteiger partial charge in [-0.15, -0.1) is 11.3 Å². The molecule has 18 heavy (non-hydrogen) atoms. The van der Waals surface area contributed by atoms with Crippen LogP contribution in [0.4, 0.5) is 0 Å². The van der Waals surface area contributed by atoms with Crippen LogP contribution in [0.1, 0.15) is 23.3 Å². The van der Waals surface area contributed by atoms with Gasteiger partial charge in [0.15, 0.2) is 0 Å². The molecule has 0 radical (unpaired) electrons. The lowest BCUT2D eigenvalue weighted by molar-refractivity contribution is 0.688. The molecular weight excluding hydrogens is 262 g/mol. The lowest BCUT2D eigenvalue weighted by atomic mass is 10.0. The molecule has 1 N–H and O–H groups in total. The Morgan fingerprint density at radius 3 is 2.72 bits per heavy atom. The van der Waals surface area contributed by atoms with Gasteiger partial charge in [-0.1, -0.05) is 23.7 Å². The fraction of sp³-hybridized carbons (Fsp3) is 0.333. The van der Waals surface area contributed by atoms with Crippen molar-refractivity contribution in [3.05, 3.63) is 45.1 Å².